The lowest BCUT2D eigenvalue weighted by molar-refractivity contribution is -0.387. The second-order valence-electron chi connectivity index (χ2n) is 7.42. The minimum atomic E-state index is -4.66. The molecule has 1 heterocycles. The van der Waals surface area contributed by atoms with E-state index in [1.54, 1.807) is 0 Å². The van der Waals surface area contributed by atoms with Crippen LogP contribution < -0.4 is 4.72 Å². The lowest BCUT2D eigenvalue weighted by Crippen LogP contribution is -2.39. The number of nitrogens with one attached hydrogen (secondary N) is 1. The van der Waals surface area contributed by atoms with Crippen LogP contribution in [0.4, 0.5) is 18.9 Å². The second kappa shape index (κ2) is 8.87. The van der Waals surface area contributed by atoms with Gasteiger partial charge in [-0.15, -0.1) is 0 Å². The van der Waals surface area contributed by atoms with Crippen LogP contribution in [-0.4, -0.2) is 37.2 Å². The third-order valence-corrected chi connectivity index (χ3v) is 6.81. The highest BCUT2D eigenvalue weighted by Crippen LogP contribution is 2.33. The molecule has 1 aliphatic rings. The predicted octanol–water partition coefficient (Wildman–Crippen LogP) is 3.56. The van der Waals surface area contributed by atoms with Crippen LogP contribution in [0.1, 0.15) is 35.6 Å². The summed E-state index contributed by atoms with van der Waals surface area (Å²) in [5.74, 6) is -0.247. The van der Waals surface area contributed by atoms with Crippen molar-refractivity contribution in [2.24, 2.45) is 0 Å². The van der Waals surface area contributed by atoms with Crippen molar-refractivity contribution in [3.63, 3.8) is 0 Å². The third-order valence-electron chi connectivity index (χ3n) is 5.14. The Hall–Kier alpha value is -2.99. The molecule has 0 spiro atoms. The summed E-state index contributed by atoms with van der Waals surface area (Å²) in [5, 5.41) is 11.4. The van der Waals surface area contributed by atoms with Gasteiger partial charge in [0.25, 0.3) is 5.69 Å². The number of halogens is 3. The molecule has 1 amide bonds. The maximum absolute atomic E-state index is 13.2. The van der Waals surface area contributed by atoms with Gasteiger partial charge in [0.1, 0.15) is 0 Å². The first-order valence-corrected chi connectivity index (χ1v) is 11.1. The SMILES string of the molecule is Cc1cccc([N+](=O)[O-])c1S(=O)(=O)NC(CN1CCCC1=O)c1cccc(C(F)(F)F)c1. The van der Waals surface area contributed by atoms with Gasteiger partial charge in [0.15, 0.2) is 4.90 Å². The summed E-state index contributed by atoms with van der Waals surface area (Å²) in [5.41, 5.74) is -1.54. The first-order chi connectivity index (χ1) is 14.9. The molecule has 8 nitrogen and oxygen atoms in total. The quantitative estimate of drug-likeness (QED) is 0.491. The summed E-state index contributed by atoms with van der Waals surface area (Å²) in [7, 11) is -4.53. The van der Waals surface area contributed by atoms with E-state index in [-0.39, 0.29) is 30.0 Å². The molecule has 0 radical (unpaired) electrons. The van der Waals surface area contributed by atoms with Crippen molar-refractivity contribution in [1.82, 2.24) is 9.62 Å². The van der Waals surface area contributed by atoms with Gasteiger partial charge in [-0.05, 0) is 36.6 Å². The zero-order valence-electron chi connectivity index (χ0n) is 16.9. The number of hydrogen-bond acceptors (Lipinski definition) is 5. The number of likely N-dealkylation sites (tertiary alicyclic amines) is 1. The topological polar surface area (TPSA) is 110 Å². The number of carbonyl (C=O) groups excluding carboxylic acids is 1. The van der Waals surface area contributed by atoms with E-state index in [0.29, 0.717) is 13.0 Å². The van der Waals surface area contributed by atoms with Gasteiger partial charge in [0.05, 0.1) is 16.5 Å². The highest BCUT2D eigenvalue weighted by molar-refractivity contribution is 7.89. The Kier molecular flexibility index (Phi) is 6.56. The number of nitrogens with zero attached hydrogens (tertiary/aromatic N) is 2. The molecule has 0 bridgehead atoms. The van der Waals surface area contributed by atoms with Gasteiger partial charge in [-0.3, -0.25) is 14.9 Å². The molecule has 1 fully saturated rings. The molecule has 2 aromatic carbocycles. The highest BCUT2D eigenvalue weighted by atomic mass is 32.2. The fraction of sp³-hybridized carbons (Fsp3) is 0.350. The molecule has 1 unspecified atom stereocenters. The number of aryl methyl sites for hydroxylation is 1. The third kappa shape index (κ3) is 5.07. The van der Waals surface area contributed by atoms with Gasteiger partial charge in [-0.25, -0.2) is 13.1 Å². The molecule has 1 atom stereocenters. The Labute approximate surface area is 182 Å². The van der Waals surface area contributed by atoms with E-state index in [2.05, 4.69) is 4.72 Å². The van der Waals surface area contributed by atoms with Gasteiger partial charge in [0, 0.05) is 25.6 Å². The Bertz CT molecular complexity index is 1150. The zero-order chi connectivity index (χ0) is 23.7. The molecule has 172 valence electrons. The van der Waals surface area contributed by atoms with Gasteiger partial charge in [0.2, 0.25) is 15.9 Å². The molecule has 0 aromatic heterocycles. The van der Waals surface area contributed by atoms with Crippen LogP contribution in [0.3, 0.4) is 0 Å². The molecular weight excluding hydrogens is 451 g/mol. The van der Waals surface area contributed by atoms with Crippen molar-refractivity contribution < 1.29 is 31.3 Å². The smallest absolute Gasteiger partial charge is 0.341 e. The number of amides is 1. The van der Waals surface area contributed by atoms with Crippen molar-refractivity contribution in [3.05, 3.63) is 69.3 Å². The van der Waals surface area contributed by atoms with E-state index in [0.717, 1.165) is 24.3 Å². The maximum Gasteiger partial charge on any atom is 0.416 e. The first kappa shape index (κ1) is 23.7. The van der Waals surface area contributed by atoms with Crippen LogP contribution in [-0.2, 0) is 21.0 Å². The zero-order valence-corrected chi connectivity index (χ0v) is 17.7. The fourth-order valence-electron chi connectivity index (χ4n) is 3.64. The standard InChI is InChI=1S/C20H20F3N3O5S/c1-13-5-2-8-17(26(28)29)19(13)32(30,31)24-16(12-25-10-4-9-18(25)27)14-6-3-7-15(11-14)20(21,22)23/h2-3,5-8,11,16,24H,4,9-10,12H2,1H3. The van der Waals surface area contributed by atoms with E-state index in [1.165, 1.54) is 30.0 Å². The summed E-state index contributed by atoms with van der Waals surface area (Å²) < 4.78 is 68.3. The van der Waals surface area contributed by atoms with Crippen molar-refractivity contribution in [3.8, 4) is 0 Å². The lowest BCUT2D eigenvalue weighted by atomic mass is 10.0. The van der Waals surface area contributed by atoms with Crippen LogP contribution in [0.2, 0.25) is 0 Å². The average Bonchev–Trinajstić information content (AvgIpc) is 3.11. The summed E-state index contributed by atoms with van der Waals surface area (Å²) in [6.07, 6.45) is -3.85. The highest BCUT2D eigenvalue weighted by Gasteiger charge is 2.35. The minimum absolute atomic E-state index is 0.0145. The van der Waals surface area contributed by atoms with Crippen LogP contribution >= 0.6 is 0 Å². The number of benzene rings is 2. The second-order valence-corrected chi connectivity index (χ2v) is 9.07. The van der Waals surface area contributed by atoms with Crippen LogP contribution in [0, 0.1) is 17.0 Å². The summed E-state index contributed by atoms with van der Waals surface area (Å²) in [6.45, 7) is 1.50. The number of sulfonamides is 1. The van der Waals surface area contributed by atoms with E-state index in [4.69, 9.17) is 0 Å². The lowest BCUT2D eigenvalue weighted by Gasteiger charge is -2.26. The number of alkyl halides is 3. The summed E-state index contributed by atoms with van der Waals surface area (Å²) >= 11 is 0. The van der Waals surface area contributed by atoms with Crippen molar-refractivity contribution >= 4 is 21.6 Å². The molecule has 1 aliphatic heterocycles. The first-order valence-electron chi connectivity index (χ1n) is 9.61. The van der Waals surface area contributed by atoms with Gasteiger partial charge >= 0.3 is 6.18 Å². The number of nitro groups is 1. The molecule has 0 aliphatic carbocycles. The van der Waals surface area contributed by atoms with Crippen LogP contribution in [0.25, 0.3) is 0 Å². The Morgan fingerprint density at radius 1 is 1.22 bits per heavy atom. The minimum Gasteiger partial charge on any atom is -0.341 e. The number of nitro benzene ring substituents is 1. The Morgan fingerprint density at radius 2 is 1.91 bits per heavy atom. The molecule has 3 rings (SSSR count). The summed E-state index contributed by atoms with van der Waals surface area (Å²) in [6, 6.07) is 6.61. The fourth-order valence-corrected chi connectivity index (χ4v) is 5.25. The van der Waals surface area contributed by atoms with Crippen LogP contribution in [0.5, 0.6) is 0 Å². The molecule has 2 aromatic rings. The van der Waals surface area contributed by atoms with E-state index in [1.807, 2.05) is 0 Å². The van der Waals surface area contributed by atoms with Gasteiger partial charge in [-0.1, -0.05) is 24.3 Å². The predicted molar refractivity (Wildman–Crippen MR) is 108 cm³/mol. The number of rotatable bonds is 7. The maximum atomic E-state index is 13.2. The van der Waals surface area contributed by atoms with Crippen molar-refractivity contribution in [1.29, 1.82) is 0 Å². The molecule has 32 heavy (non-hydrogen) atoms. The monoisotopic (exact) mass is 471 g/mol. The van der Waals surface area contributed by atoms with Gasteiger partial charge in [-0.2, -0.15) is 13.2 Å². The van der Waals surface area contributed by atoms with E-state index in [9.17, 15) is 36.5 Å². The normalized spacial score (nSPS) is 15.8. The molecule has 1 N–H and O–H groups in total. The largest absolute Gasteiger partial charge is 0.416 e. The molecular formula is C20H20F3N3O5S. The van der Waals surface area contributed by atoms with Gasteiger partial charge < -0.3 is 4.90 Å². The van der Waals surface area contributed by atoms with Crippen molar-refractivity contribution in [2.45, 2.75) is 36.9 Å². The molecule has 0 saturated carbocycles. The van der Waals surface area contributed by atoms with Crippen molar-refractivity contribution in [2.75, 3.05) is 13.1 Å². The summed E-state index contributed by atoms with van der Waals surface area (Å²) in [4.78, 5) is 23.4. The van der Waals surface area contributed by atoms with E-state index < -0.39 is 43.3 Å². The average molecular weight is 471 g/mol. The van der Waals surface area contributed by atoms with E-state index >= 15 is 0 Å². The molecule has 12 heteroatoms. The number of carbonyl (C=O) groups is 1. The molecule has 1 saturated heterocycles. The van der Waals surface area contributed by atoms with Crippen LogP contribution in [0.15, 0.2) is 47.4 Å². The Balaban J connectivity index is 2.05. The Morgan fingerprint density at radius 3 is 2.50 bits per heavy atom. The number of hydrogen-bond donors (Lipinski definition) is 1.